The molecule has 0 bridgehead atoms. The molecule has 0 saturated carbocycles. The zero-order chi connectivity index (χ0) is 22.6. The summed E-state index contributed by atoms with van der Waals surface area (Å²) in [5.74, 6) is 0.275. The highest BCUT2D eigenvalue weighted by Gasteiger charge is 2.21. The molecule has 1 fully saturated rings. The Kier molecular flexibility index (Phi) is 6.66. The third-order valence-electron chi connectivity index (χ3n) is 6.10. The van der Waals surface area contributed by atoms with E-state index in [1.54, 1.807) is 11.3 Å². The monoisotopic (exact) mass is 478 g/mol. The van der Waals surface area contributed by atoms with Crippen LogP contribution in [0.1, 0.15) is 18.4 Å². The smallest absolute Gasteiger partial charge is 0.263 e. The van der Waals surface area contributed by atoms with Gasteiger partial charge in [0.25, 0.3) is 5.56 Å². The number of hydrogen-bond donors (Lipinski definition) is 1. The van der Waals surface area contributed by atoms with Gasteiger partial charge < -0.3 is 5.32 Å². The van der Waals surface area contributed by atoms with E-state index < -0.39 is 0 Å². The standard InChI is InChI=1S/C25H26N4O2S2/c30-22(26-12-19-8-4-10-28(14-19)13-18-6-2-1-3-7-18)15-29-17-27-24-23(25(29)31)20(16-33-24)21-9-5-11-32-21/h1-3,5-7,9,11,16-17,19H,4,8,10,12-15H2,(H,26,30). The summed E-state index contributed by atoms with van der Waals surface area (Å²) in [5, 5.41) is 7.61. The first kappa shape index (κ1) is 22.0. The molecule has 8 heteroatoms. The van der Waals surface area contributed by atoms with Crippen molar-refractivity contribution in [1.29, 1.82) is 0 Å². The molecule has 1 aliphatic rings. The topological polar surface area (TPSA) is 67.2 Å². The molecule has 4 heterocycles. The minimum Gasteiger partial charge on any atom is -0.354 e. The predicted octanol–water partition coefficient (Wildman–Crippen LogP) is 4.21. The first-order valence-corrected chi connectivity index (χ1v) is 13.0. The number of nitrogens with one attached hydrogen (secondary N) is 1. The van der Waals surface area contributed by atoms with Crippen LogP contribution in [-0.4, -0.2) is 40.0 Å². The van der Waals surface area contributed by atoms with Crippen molar-refractivity contribution in [2.45, 2.75) is 25.9 Å². The van der Waals surface area contributed by atoms with Crippen LogP contribution in [0.2, 0.25) is 0 Å². The lowest BCUT2D eigenvalue weighted by Crippen LogP contribution is -2.41. The Labute approximate surface area is 200 Å². The number of piperidine rings is 1. The zero-order valence-electron chi connectivity index (χ0n) is 18.3. The molecule has 1 saturated heterocycles. The van der Waals surface area contributed by atoms with Gasteiger partial charge >= 0.3 is 0 Å². The van der Waals surface area contributed by atoms with Crippen LogP contribution in [0.3, 0.4) is 0 Å². The van der Waals surface area contributed by atoms with Gasteiger partial charge in [0.05, 0.1) is 11.7 Å². The Morgan fingerprint density at radius 1 is 1.15 bits per heavy atom. The molecule has 1 atom stereocenters. The van der Waals surface area contributed by atoms with Crippen LogP contribution in [0.15, 0.2) is 64.3 Å². The molecule has 1 aliphatic heterocycles. The summed E-state index contributed by atoms with van der Waals surface area (Å²) < 4.78 is 1.42. The van der Waals surface area contributed by atoms with Crippen LogP contribution < -0.4 is 10.9 Å². The number of amides is 1. The maximum absolute atomic E-state index is 13.1. The second kappa shape index (κ2) is 9.99. The van der Waals surface area contributed by atoms with E-state index in [0.29, 0.717) is 22.7 Å². The third-order valence-corrected chi connectivity index (χ3v) is 7.89. The number of thiophene rings is 2. The van der Waals surface area contributed by atoms with Gasteiger partial charge in [0.2, 0.25) is 5.91 Å². The van der Waals surface area contributed by atoms with Gasteiger partial charge in [0.15, 0.2) is 0 Å². The van der Waals surface area contributed by atoms with E-state index in [4.69, 9.17) is 0 Å². The molecule has 1 amide bonds. The van der Waals surface area contributed by atoms with Gasteiger partial charge in [-0.05, 0) is 42.3 Å². The van der Waals surface area contributed by atoms with E-state index >= 15 is 0 Å². The molecule has 5 rings (SSSR count). The SMILES string of the molecule is O=C(Cn1cnc2scc(-c3cccs3)c2c1=O)NCC1CCCN(Cc2ccccc2)C1. The number of carbonyl (C=O) groups excluding carboxylic acids is 1. The van der Waals surface area contributed by atoms with Crippen molar-refractivity contribution in [1.82, 2.24) is 19.8 Å². The number of aromatic nitrogens is 2. The van der Waals surface area contributed by atoms with Crippen LogP contribution in [0.25, 0.3) is 20.7 Å². The molecule has 3 aromatic heterocycles. The largest absolute Gasteiger partial charge is 0.354 e. The fourth-order valence-corrected chi connectivity index (χ4v) is 6.19. The summed E-state index contributed by atoms with van der Waals surface area (Å²) in [4.78, 5) is 34.4. The Morgan fingerprint density at radius 2 is 2.03 bits per heavy atom. The van der Waals surface area contributed by atoms with Crippen molar-refractivity contribution < 1.29 is 4.79 Å². The quantitative estimate of drug-likeness (QED) is 0.432. The lowest BCUT2D eigenvalue weighted by molar-refractivity contribution is -0.122. The van der Waals surface area contributed by atoms with Crippen LogP contribution in [0.4, 0.5) is 0 Å². The Balaban J connectivity index is 1.20. The maximum atomic E-state index is 13.1. The number of hydrogen-bond acceptors (Lipinski definition) is 6. The summed E-state index contributed by atoms with van der Waals surface area (Å²) in [6.07, 6.45) is 3.73. The van der Waals surface area contributed by atoms with Crippen molar-refractivity contribution in [2.75, 3.05) is 19.6 Å². The van der Waals surface area contributed by atoms with Crippen molar-refractivity contribution in [2.24, 2.45) is 5.92 Å². The number of likely N-dealkylation sites (tertiary alicyclic amines) is 1. The number of benzene rings is 1. The molecule has 1 aromatic carbocycles. The molecule has 6 nitrogen and oxygen atoms in total. The van der Waals surface area contributed by atoms with Gasteiger partial charge in [-0.2, -0.15) is 0 Å². The minimum absolute atomic E-state index is 0.0120. The van der Waals surface area contributed by atoms with E-state index in [1.165, 1.54) is 27.8 Å². The summed E-state index contributed by atoms with van der Waals surface area (Å²) in [6, 6.07) is 14.5. The van der Waals surface area contributed by atoms with Crippen LogP contribution >= 0.6 is 22.7 Å². The summed E-state index contributed by atoms with van der Waals surface area (Å²) in [7, 11) is 0. The molecule has 1 N–H and O–H groups in total. The van der Waals surface area contributed by atoms with Crippen molar-refractivity contribution >= 4 is 38.8 Å². The average molecular weight is 479 g/mol. The van der Waals surface area contributed by atoms with Gasteiger partial charge in [-0.3, -0.25) is 19.1 Å². The number of fused-ring (bicyclic) bond motifs is 1. The lowest BCUT2D eigenvalue weighted by Gasteiger charge is -2.32. The molecule has 0 spiro atoms. The maximum Gasteiger partial charge on any atom is 0.263 e. The molecule has 0 aliphatic carbocycles. The van der Waals surface area contributed by atoms with E-state index in [-0.39, 0.29) is 18.0 Å². The summed E-state index contributed by atoms with van der Waals surface area (Å²) in [6.45, 7) is 3.63. The van der Waals surface area contributed by atoms with E-state index in [2.05, 4.69) is 39.5 Å². The Morgan fingerprint density at radius 3 is 2.85 bits per heavy atom. The van der Waals surface area contributed by atoms with Crippen molar-refractivity contribution in [3.05, 3.63) is 75.5 Å². The third kappa shape index (κ3) is 5.08. The fraction of sp³-hybridized carbons (Fsp3) is 0.320. The number of nitrogens with zero attached hydrogens (tertiary/aromatic N) is 3. The molecule has 1 unspecified atom stereocenters. The van der Waals surface area contributed by atoms with Gasteiger partial charge in [-0.15, -0.1) is 22.7 Å². The fourth-order valence-electron chi connectivity index (χ4n) is 4.47. The normalized spacial score (nSPS) is 16.8. The predicted molar refractivity (Wildman–Crippen MR) is 135 cm³/mol. The molecule has 0 radical (unpaired) electrons. The van der Waals surface area contributed by atoms with Crippen molar-refractivity contribution in [3.8, 4) is 10.4 Å². The lowest BCUT2D eigenvalue weighted by atomic mass is 9.97. The molecule has 33 heavy (non-hydrogen) atoms. The second-order valence-corrected chi connectivity index (χ2v) is 10.3. The highest BCUT2D eigenvalue weighted by Crippen LogP contribution is 2.33. The summed E-state index contributed by atoms with van der Waals surface area (Å²) in [5.41, 5.74) is 2.06. The first-order chi connectivity index (χ1) is 16.2. The van der Waals surface area contributed by atoms with E-state index in [9.17, 15) is 9.59 Å². The molecular weight excluding hydrogens is 452 g/mol. The highest BCUT2D eigenvalue weighted by atomic mass is 32.1. The van der Waals surface area contributed by atoms with Crippen LogP contribution in [0.5, 0.6) is 0 Å². The minimum atomic E-state index is -0.161. The van der Waals surface area contributed by atoms with Crippen LogP contribution in [0, 0.1) is 5.92 Å². The van der Waals surface area contributed by atoms with Gasteiger partial charge in [-0.1, -0.05) is 36.4 Å². The summed E-state index contributed by atoms with van der Waals surface area (Å²) >= 11 is 3.06. The molecular formula is C25H26N4O2S2. The Bertz CT molecular complexity index is 1280. The Hall–Kier alpha value is -2.81. The zero-order valence-corrected chi connectivity index (χ0v) is 19.9. The first-order valence-electron chi connectivity index (χ1n) is 11.2. The average Bonchev–Trinajstić information content (AvgIpc) is 3.51. The second-order valence-electron chi connectivity index (χ2n) is 8.52. The molecule has 170 valence electrons. The molecule has 4 aromatic rings. The van der Waals surface area contributed by atoms with Gasteiger partial charge in [0.1, 0.15) is 11.4 Å². The van der Waals surface area contributed by atoms with Gasteiger partial charge in [0, 0.05) is 35.5 Å². The number of rotatable bonds is 7. The van der Waals surface area contributed by atoms with Crippen molar-refractivity contribution in [3.63, 3.8) is 0 Å². The van der Waals surface area contributed by atoms with E-state index in [0.717, 1.165) is 42.9 Å². The van der Waals surface area contributed by atoms with Crippen LogP contribution in [-0.2, 0) is 17.9 Å². The highest BCUT2D eigenvalue weighted by molar-refractivity contribution is 7.18. The van der Waals surface area contributed by atoms with Gasteiger partial charge in [-0.25, -0.2) is 4.98 Å². The number of carbonyl (C=O) groups is 1. The van der Waals surface area contributed by atoms with E-state index in [1.807, 2.05) is 29.0 Å².